The molecule has 1 spiro atoms. The molecule has 2 saturated carbocycles. The van der Waals surface area contributed by atoms with E-state index < -0.39 is 35.4 Å². The molecule has 0 aromatic rings. The molecule has 2 fully saturated rings. The van der Waals surface area contributed by atoms with Gasteiger partial charge in [-0.05, 0) is 47.7 Å². The Morgan fingerprint density at radius 2 is 1.92 bits per heavy atom. The first kappa shape index (κ1) is 17.1. The van der Waals surface area contributed by atoms with E-state index >= 15 is 0 Å². The number of aliphatic hydroxyl groups excluding tert-OH is 2. The summed E-state index contributed by atoms with van der Waals surface area (Å²) in [7, 11) is 0. The number of aliphatic hydroxyl groups is 3. The van der Waals surface area contributed by atoms with Gasteiger partial charge in [0.2, 0.25) is 0 Å². The van der Waals surface area contributed by atoms with Gasteiger partial charge in [0.15, 0.2) is 17.2 Å². The number of fused-ring (bicyclic) bond motifs is 3. The maximum absolute atomic E-state index is 13.7. The Bertz CT molecular complexity index is 747. The summed E-state index contributed by atoms with van der Waals surface area (Å²) >= 11 is 0. The molecule has 25 heavy (non-hydrogen) atoms. The van der Waals surface area contributed by atoms with Crippen molar-refractivity contribution < 1.29 is 24.9 Å². The van der Waals surface area contributed by atoms with Gasteiger partial charge in [-0.25, -0.2) is 0 Å². The van der Waals surface area contributed by atoms with Gasteiger partial charge in [-0.2, -0.15) is 0 Å². The lowest BCUT2D eigenvalue weighted by Gasteiger charge is -2.45. The predicted octanol–water partition coefficient (Wildman–Crippen LogP) is 1.02. The third-order valence-corrected chi connectivity index (χ3v) is 7.72. The lowest BCUT2D eigenvalue weighted by molar-refractivity contribution is -0.174. The summed E-state index contributed by atoms with van der Waals surface area (Å²) in [6.07, 6.45) is 2.39. The third-order valence-electron chi connectivity index (χ3n) is 7.72. The second-order valence-electron chi connectivity index (χ2n) is 9.07. The second kappa shape index (κ2) is 4.70. The van der Waals surface area contributed by atoms with Gasteiger partial charge in [0, 0.05) is 5.92 Å². The van der Waals surface area contributed by atoms with Gasteiger partial charge >= 0.3 is 0 Å². The Morgan fingerprint density at radius 1 is 1.28 bits per heavy atom. The molecule has 7 atom stereocenters. The van der Waals surface area contributed by atoms with Crippen molar-refractivity contribution in [2.75, 3.05) is 6.61 Å². The zero-order valence-corrected chi connectivity index (χ0v) is 15.1. The number of carbonyl (C=O) groups is 2. The fraction of sp³-hybridized carbons (Fsp3) is 0.700. The Hall–Kier alpha value is -1.30. The van der Waals surface area contributed by atoms with Crippen LogP contribution in [0.4, 0.5) is 0 Å². The van der Waals surface area contributed by atoms with Gasteiger partial charge in [-0.3, -0.25) is 9.59 Å². The van der Waals surface area contributed by atoms with Crippen molar-refractivity contribution in [2.45, 2.75) is 45.8 Å². The summed E-state index contributed by atoms with van der Waals surface area (Å²) in [4.78, 5) is 26.6. The first-order chi connectivity index (χ1) is 11.5. The molecule has 4 aliphatic rings. The molecule has 0 amide bonds. The molecule has 136 valence electrons. The number of hydrogen-bond acceptors (Lipinski definition) is 5. The van der Waals surface area contributed by atoms with Gasteiger partial charge in [0.05, 0.1) is 12.0 Å². The van der Waals surface area contributed by atoms with Crippen molar-refractivity contribution in [3.8, 4) is 0 Å². The monoisotopic (exact) mass is 346 g/mol. The molecule has 5 nitrogen and oxygen atoms in total. The average Bonchev–Trinajstić information content (AvgIpc) is 3.05. The van der Waals surface area contributed by atoms with Crippen LogP contribution in [0, 0.1) is 34.5 Å². The first-order valence-corrected chi connectivity index (χ1v) is 9.05. The van der Waals surface area contributed by atoms with Crippen LogP contribution in [0.3, 0.4) is 0 Å². The average molecular weight is 346 g/mol. The largest absolute Gasteiger partial charge is 0.392 e. The summed E-state index contributed by atoms with van der Waals surface area (Å²) in [5.74, 6) is -1.11. The second-order valence-corrected chi connectivity index (χ2v) is 9.07. The van der Waals surface area contributed by atoms with E-state index in [0.29, 0.717) is 11.5 Å². The fourth-order valence-corrected chi connectivity index (χ4v) is 6.24. The minimum atomic E-state index is -2.22. The summed E-state index contributed by atoms with van der Waals surface area (Å²) < 4.78 is 0. The van der Waals surface area contributed by atoms with Crippen LogP contribution in [0.25, 0.3) is 0 Å². The van der Waals surface area contributed by atoms with Gasteiger partial charge in [0.1, 0.15) is 6.10 Å². The van der Waals surface area contributed by atoms with Crippen molar-refractivity contribution in [1.82, 2.24) is 0 Å². The highest BCUT2D eigenvalue weighted by Crippen LogP contribution is 2.71. The maximum atomic E-state index is 13.7. The first-order valence-electron chi connectivity index (χ1n) is 9.05. The standard InChI is InChI=1S/C20H26O5/c1-9-7-19-10(2)5-13-14(18(13,3)4)12(17(19)24)6-11(8-21)16(23)20(19,25)15(9)22/h6-7,10,12-14,16,21,23,25H,5,8H2,1-4H3/t10-,12+,13-,14+,16-,19+,20-/m1/s1. The molecule has 0 saturated heterocycles. The molecule has 5 heteroatoms. The third kappa shape index (κ3) is 1.65. The van der Waals surface area contributed by atoms with Crippen molar-refractivity contribution >= 4 is 11.6 Å². The Balaban J connectivity index is 2.01. The molecule has 0 unspecified atom stereocenters. The Morgan fingerprint density at radius 3 is 2.52 bits per heavy atom. The minimum absolute atomic E-state index is 0.00203. The van der Waals surface area contributed by atoms with E-state index in [-0.39, 0.29) is 28.6 Å². The van der Waals surface area contributed by atoms with E-state index in [1.54, 1.807) is 19.1 Å². The zero-order valence-electron chi connectivity index (χ0n) is 15.1. The zero-order chi connectivity index (χ0) is 18.5. The van der Waals surface area contributed by atoms with Crippen LogP contribution < -0.4 is 0 Å². The number of Topliss-reactive ketones (excluding diaryl/α,β-unsaturated/α-hetero) is 2. The highest BCUT2D eigenvalue weighted by atomic mass is 16.4. The summed E-state index contributed by atoms with van der Waals surface area (Å²) in [6, 6.07) is 0. The molecule has 2 bridgehead atoms. The molecular formula is C20H26O5. The van der Waals surface area contributed by atoms with E-state index in [0.717, 1.165) is 6.42 Å². The minimum Gasteiger partial charge on any atom is -0.392 e. The van der Waals surface area contributed by atoms with Crippen molar-refractivity contribution in [2.24, 2.45) is 34.5 Å². The number of rotatable bonds is 1. The lowest BCUT2D eigenvalue weighted by atomic mass is 9.59. The number of hydrogen-bond donors (Lipinski definition) is 3. The van der Waals surface area contributed by atoms with Crippen LogP contribution >= 0.6 is 0 Å². The summed E-state index contributed by atoms with van der Waals surface area (Å²) in [5.41, 5.74) is -3.15. The molecule has 3 N–H and O–H groups in total. The predicted molar refractivity (Wildman–Crippen MR) is 90.4 cm³/mol. The molecule has 0 aromatic carbocycles. The van der Waals surface area contributed by atoms with Crippen LogP contribution in [-0.4, -0.2) is 45.2 Å². The summed E-state index contributed by atoms with van der Waals surface area (Å²) in [6.45, 7) is 7.28. The summed E-state index contributed by atoms with van der Waals surface area (Å²) in [5, 5.41) is 32.1. The smallest absolute Gasteiger partial charge is 0.194 e. The Kier molecular flexibility index (Phi) is 3.22. The molecule has 0 aliphatic heterocycles. The normalized spacial score (nSPS) is 50.3. The lowest BCUT2D eigenvalue weighted by Crippen LogP contribution is -2.63. The van der Waals surface area contributed by atoms with Crippen molar-refractivity contribution in [3.63, 3.8) is 0 Å². The van der Waals surface area contributed by atoms with Gasteiger partial charge < -0.3 is 15.3 Å². The topological polar surface area (TPSA) is 94.8 Å². The van der Waals surface area contributed by atoms with Crippen LogP contribution in [-0.2, 0) is 9.59 Å². The van der Waals surface area contributed by atoms with Gasteiger partial charge in [0.25, 0.3) is 0 Å². The van der Waals surface area contributed by atoms with Crippen LogP contribution in [0.2, 0.25) is 0 Å². The van der Waals surface area contributed by atoms with Crippen molar-refractivity contribution in [3.05, 3.63) is 23.3 Å². The molecule has 0 heterocycles. The van der Waals surface area contributed by atoms with Crippen LogP contribution in [0.5, 0.6) is 0 Å². The number of ketones is 2. The SMILES string of the molecule is CC1=C[C@]23C(=O)[C@@H](C=C(CO)[C@@H](O)[C@]2(O)C1=O)[C@H]1[C@@H](C[C@H]3C)C1(C)C. The highest BCUT2D eigenvalue weighted by Gasteiger charge is 2.75. The van der Waals surface area contributed by atoms with E-state index in [9.17, 15) is 24.9 Å². The van der Waals surface area contributed by atoms with E-state index in [4.69, 9.17) is 0 Å². The quantitative estimate of drug-likeness (QED) is 0.616. The molecule has 0 radical (unpaired) electrons. The fourth-order valence-electron chi connectivity index (χ4n) is 6.24. The van der Waals surface area contributed by atoms with Crippen LogP contribution in [0.1, 0.15) is 34.1 Å². The maximum Gasteiger partial charge on any atom is 0.194 e. The van der Waals surface area contributed by atoms with Gasteiger partial charge in [-0.15, -0.1) is 0 Å². The van der Waals surface area contributed by atoms with Gasteiger partial charge in [-0.1, -0.05) is 32.9 Å². The van der Waals surface area contributed by atoms with E-state index in [1.807, 2.05) is 6.92 Å². The molecular weight excluding hydrogens is 320 g/mol. The van der Waals surface area contributed by atoms with E-state index in [1.165, 1.54) is 0 Å². The Labute approximate surface area is 147 Å². The highest BCUT2D eigenvalue weighted by molar-refractivity contribution is 6.13. The number of carbonyl (C=O) groups excluding carboxylic acids is 2. The number of allylic oxidation sites excluding steroid dienone is 1. The van der Waals surface area contributed by atoms with Crippen LogP contribution in [0.15, 0.2) is 23.3 Å². The molecule has 4 aliphatic carbocycles. The van der Waals surface area contributed by atoms with E-state index in [2.05, 4.69) is 13.8 Å². The molecule has 4 rings (SSSR count). The van der Waals surface area contributed by atoms with Crippen molar-refractivity contribution in [1.29, 1.82) is 0 Å². The molecule has 0 aromatic heterocycles.